The maximum Gasteiger partial charge on any atom is 0.272 e. The molecule has 0 spiro atoms. The minimum Gasteiger partial charge on any atom is -0.497 e. The molecule has 1 unspecified atom stereocenters. The second-order valence-electron chi connectivity index (χ2n) is 7.46. The highest BCUT2D eigenvalue weighted by atomic mass is 79.9. The first-order valence-electron chi connectivity index (χ1n) is 10.0. The van der Waals surface area contributed by atoms with Crippen molar-refractivity contribution in [1.29, 1.82) is 0 Å². The molecule has 0 saturated carbocycles. The molecule has 1 N–H and O–H groups in total. The first-order valence-corrected chi connectivity index (χ1v) is 10.8. The van der Waals surface area contributed by atoms with Gasteiger partial charge in [-0.2, -0.15) is 14.9 Å². The summed E-state index contributed by atoms with van der Waals surface area (Å²) in [7, 11) is 1.62. The first kappa shape index (κ1) is 20.3. The van der Waals surface area contributed by atoms with Gasteiger partial charge in [-0.15, -0.1) is 5.10 Å². The van der Waals surface area contributed by atoms with E-state index in [0.717, 1.165) is 32.6 Å². The number of hydrogen-bond donors (Lipinski definition) is 1. The van der Waals surface area contributed by atoms with Crippen molar-refractivity contribution in [2.75, 3.05) is 12.4 Å². The van der Waals surface area contributed by atoms with Crippen LogP contribution in [0.15, 0.2) is 59.2 Å². The van der Waals surface area contributed by atoms with Gasteiger partial charge in [-0.1, -0.05) is 46.3 Å². The van der Waals surface area contributed by atoms with Crippen LogP contribution in [-0.2, 0) is 4.79 Å². The van der Waals surface area contributed by atoms with Crippen LogP contribution in [0.4, 0.5) is 5.82 Å². The Kier molecular flexibility index (Phi) is 5.18. The van der Waals surface area contributed by atoms with Crippen molar-refractivity contribution in [1.82, 2.24) is 25.0 Å². The number of methoxy groups -OCH3 is 1. The normalized spacial score (nSPS) is 15.2. The highest BCUT2D eigenvalue weighted by Crippen LogP contribution is 2.42. The van der Waals surface area contributed by atoms with Crippen molar-refractivity contribution < 1.29 is 9.53 Å². The molecule has 2 aromatic heterocycles. The zero-order valence-corrected chi connectivity index (χ0v) is 19.0. The summed E-state index contributed by atoms with van der Waals surface area (Å²) < 4.78 is 7.82. The van der Waals surface area contributed by atoms with Crippen molar-refractivity contribution in [3.05, 3.63) is 76.0 Å². The van der Waals surface area contributed by atoms with Crippen LogP contribution in [0.25, 0.3) is 17.2 Å². The van der Waals surface area contributed by atoms with Gasteiger partial charge in [-0.05, 0) is 30.7 Å². The smallest absolute Gasteiger partial charge is 0.272 e. The van der Waals surface area contributed by atoms with Crippen LogP contribution in [0.2, 0.25) is 0 Å². The van der Waals surface area contributed by atoms with Gasteiger partial charge in [0.05, 0.1) is 24.7 Å². The van der Waals surface area contributed by atoms with Crippen molar-refractivity contribution in [3.63, 3.8) is 0 Å². The maximum atomic E-state index is 12.6. The fourth-order valence-corrected chi connectivity index (χ4v) is 4.58. The van der Waals surface area contributed by atoms with Gasteiger partial charge in [-0.3, -0.25) is 4.79 Å². The summed E-state index contributed by atoms with van der Waals surface area (Å²) in [5.41, 5.74) is 4.26. The molecule has 1 aliphatic rings. The second-order valence-corrected chi connectivity index (χ2v) is 8.31. The van der Waals surface area contributed by atoms with Crippen LogP contribution in [0.3, 0.4) is 0 Å². The van der Waals surface area contributed by atoms with E-state index in [0.29, 0.717) is 17.9 Å². The number of rotatable bonds is 4. The van der Waals surface area contributed by atoms with E-state index in [1.54, 1.807) is 18.0 Å². The number of fused-ring (bicyclic) bond motifs is 1. The molecule has 3 heterocycles. The molecule has 0 saturated heterocycles. The number of carbonyl (C=O) groups is 1. The van der Waals surface area contributed by atoms with E-state index in [2.05, 4.69) is 41.5 Å². The van der Waals surface area contributed by atoms with Crippen molar-refractivity contribution in [2.24, 2.45) is 0 Å². The van der Waals surface area contributed by atoms with Gasteiger partial charge in [0.25, 0.3) is 5.95 Å². The van der Waals surface area contributed by atoms with E-state index >= 15 is 0 Å². The molecule has 32 heavy (non-hydrogen) atoms. The Morgan fingerprint density at radius 1 is 1.19 bits per heavy atom. The lowest BCUT2D eigenvalue weighted by Gasteiger charge is -2.24. The molecule has 4 aromatic rings. The molecule has 8 nitrogen and oxygen atoms in total. The molecule has 9 heteroatoms. The van der Waals surface area contributed by atoms with Crippen LogP contribution in [0, 0.1) is 6.92 Å². The Hall–Kier alpha value is -3.59. The molecule has 0 bridgehead atoms. The van der Waals surface area contributed by atoms with Gasteiger partial charge in [0.1, 0.15) is 11.6 Å². The SMILES string of the molecule is COc1cccc(-c2cnnc(-n3nc(C)c4c3NC(=O)CC4c3ccccc3Br)n2)c1. The number of nitrogens with one attached hydrogen (secondary N) is 1. The van der Waals surface area contributed by atoms with Crippen molar-refractivity contribution in [3.8, 4) is 23.0 Å². The number of ether oxygens (including phenoxy) is 1. The third-order valence-corrected chi connectivity index (χ3v) is 6.21. The van der Waals surface area contributed by atoms with Gasteiger partial charge in [0, 0.05) is 27.9 Å². The fraction of sp³-hybridized carbons (Fsp3) is 0.174. The summed E-state index contributed by atoms with van der Waals surface area (Å²) in [6.07, 6.45) is 1.93. The van der Waals surface area contributed by atoms with Gasteiger partial charge in [0.15, 0.2) is 0 Å². The molecule has 2 aromatic carbocycles. The Labute approximate surface area is 192 Å². The zero-order chi connectivity index (χ0) is 22.2. The highest BCUT2D eigenvalue weighted by Gasteiger charge is 2.34. The van der Waals surface area contributed by atoms with E-state index in [9.17, 15) is 4.79 Å². The molecule has 1 amide bonds. The third kappa shape index (κ3) is 3.54. The molecule has 0 radical (unpaired) electrons. The van der Waals surface area contributed by atoms with E-state index in [4.69, 9.17) is 4.74 Å². The van der Waals surface area contributed by atoms with Crippen molar-refractivity contribution in [2.45, 2.75) is 19.3 Å². The van der Waals surface area contributed by atoms with Gasteiger partial charge < -0.3 is 10.1 Å². The summed E-state index contributed by atoms with van der Waals surface area (Å²) in [6, 6.07) is 15.5. The van der Waals surface area contributed by atoms with Gasteiger partial charge >= 0.3 is 0 Å². The predicted molar refractivity (Wildman–Crippen MR) is 123 cm³/mol. The number of hydrogen-bond acceptors (Lipinski definition) is 6. The number of anilines is 1. The summed E-state index contributed by atoms with van der Waals surface area (Å²) >= 11 is 3.62. The molecule has 0 fully saturated rings. The molecule has 0 aliphatic carbocycles. The van der Waals surface area contributed by atoms with Gasteiger partial charge in [-0.25, -0.2) is 4.98 Å². The quantitative estimate of drug-likeness (QED) is 0.458. The molecule has 1 atom stereocenters. The largest absolute Gasteiger partial charge is 0.497 e. The zero-order valence-electron chi connectivity index (χ0n) is 17.4. The van der Waals surface area contributed by atoms with E-state index in [1.807, 2.05) is 55.5 Å². The lowest BCUT2D eigenvalue weighted by atomic mass is 9.86. The molecular weight excluding hydrogens is 472 g/mol. The number of aryl methyl sites for hydroxylation is 1. The maximum absolute atomic E-state index is 12.6. The Bertz CT molecular complexity index is 1340. The lowest BCUT2D eigenvalue weighted by molar-refractivity contribution is -0.116. The average Bonchev–Trinajstić information content (AvgIpc) is 3.15. The summed E-state index contributed by atoms with van der Waals surface area (Å²) in [5.74, 6) is 1.36. The fourth-order valence-electron chi connectivity index (χ4n) is 4.02. The standard InChI is InChI=1S/C23H19BrN6O2/c1-13-21-17(16-8-3-4-9-18(16)24)11-20(31)27-22(21)30(29-13)23-26-19(12-25-28-23)14-6-5-7-15(10-14)32-2/h3-10,12,17H,11H2,1-2H3,(H,27,31). The number of halogens is 1. The summed E-state index contributed by atoms with van der Waals surface area (Å²) in [5, 5.41) is 15.9. The number of nitrogens with zero attached hydrogens (tertiary/aromatic N) is 5. The van der Waals surface area contributed by atoms with Crippen LogP contribution in [0.1, 0.15) is 29.2 Å². The summed E-state index contributed by atoms with van der Waals surface area (Å²) in [4.78, 5) is 17.3. The van der Waals surface area contributed by atoms with Crippen LogP contribution >= 0.6 is 15.9 Å². The molecule has 160 valence electrons. The molecule has 1 aliphatic heterocycles. The van der Waals surface area contributed by atoms with Gasteiger partial charge in [0.2, 0.25) is 5.91 Å². The Balaban J connectivity index is 1.62. The number of aromatic nitrogens is 5. The minimum atomic E-state index is -0.127. The average molecular weight is 491 g/mol. The van der Waals surface area contributed by atoms with E-state index < -0.39 is 0 Å². The lowest BCUT2D eigenvalue weighted by Crippen LogP contribution is -2.25. The minimum absolute atomic E-state index is 0.0867. The number of amides is 1. The first-order chi connectivity index (χ1) is 15.5. The number of carbonyl (C=O) groups excluding carboxylic acids is 1. The Morgan fingerprint density at radius 3 is 2.84 bits per heavy atom. The predicted octanol–water partition coefficient (Wildman–Crippen LogP) is 4.28. The monoisotopic (exact) mass is 490 g/mol. The van der Waals surface area contributed by atoms with Crippen LogP contribution in [-0.4, -0.2) is 38.0 Å². The van der Waals surface area contributed by atoms with E-state index in [1.165, 1.54) is 0 Å². The third-order valence-electron chi connectivity index (χ3n) is 5.49. The van der Waals surface area contributed by atoms with Crippen LogP contribution < -0.4 is 10.1 Å². The second kappa shape index (κ2) is 8.16. The molecular formula is C23H19BrN6O2. The highest BCUT2D eigenvalue weighted by molar-refractivity contribution is 9.10. The molecule has 5 rings (SSSR count). The summed E-state index contributed by atoms with van der Waals surface area (Å²) in [6.45, 7) is 1.93. The van der Waals surface area contributed by atoms with Crippen LogP contribution in [0.5, 0.6) is 5.75 Å². The van der Waals surface area contributed by atoms with Crippen molar-refractivity contribution >= 4 is 27.7 Å². The Morgan fingerprint density at radius 2 is 2.03 bits per heavy atom. The topological polar surface area (TPSA) is 94.8 Å². The van der Waals surface area contributed by atoms with E-state index in [-0.39, 0.29) is 17.8 Å². The number of benzene rings is 2.